The average Bonchev–Trinajstić information content (AvgIpc) is 2.05. The van der Waals surface area contributed by atoms with Crippen molar-refractivity contribution in [2.24, 2.45) is 17.1 Å². The Bertz CT molecular complexity index is 169. The largest absolute Gasteiger partial charge is 0.369 e. The molecule has 0 bridgehead atoms. The highest BCUT2D eigenvalue weighted by molar-refractivity contribution is 5.81. The maximum atomic E-state index is 11.3. The van der Waals surface area contributed by atoms with Crippen LogP contribution in [0.2, 0.25) is 0 Å². The zero-order chi connectivity index (χ0) is 9.19. The van der Waals surface area contributed by atoms with Crippen LogP contribution in [0.1, 0.15) is 53.4 Å². The van der Waals surface area contributed by atoms with Crippen LogP contribution in [-0.4, -0.2) is 5.91 Å². The summed E-state index contributed by atoms with van der Waals surface area (Å²) in [5.74, 6) is 0.313. The van der Waals surface area contributed by atoms with Crippen LogP contribution in [0, 0.1) is 11.3 Å². The summed E-state index contributed by atoms with van der Waals surface area (Å²) in [6.07, 6.45) is 5.60. The molecule has 0 spiro atoms. The highest BCUT2D eigenvalue weighted by Crippen LogP contribution is 2.41. The second-order valence-corrected chi connectivity index (χ2v) is 4.24. The van der Waals surface area contributed by atoms with E-state index in [0.717, 1.165) is 12.8 Å². The Hall–Kier alpha value is -0.530. The molecule has 0 atom stereocenters. The molecule has 1 amide bonds. The van der Waals surface area contributed by atoms with Gasteiger partial charge in [0.1, 0.15) is 0 Å². The molecule has 0 unspecified atom stereocenters. The Labute approximate surface area is 81.9 Å². The van der Waals surface area contributed by atoms with Crippen molar-refractivity contribution in [2.75, 3.05) is 0 Å². The second kappa shape index (κ2) is 4.64. The lowest BCUT2D eigenvalue weighted by Crippen LogP contribution is -2.42. The molecule has 0 saturated heterocycles. The summed E-state index contributed by atoms with van der Waals surface area (Å²) in [6, 6.07) is 0. The normalized spacial score (nSPS) is 20.8. The number of carbonyl (C=O) groups is 1. The Morgan fingerprint density at radius 2 is 1.69 bits per heavy atom. The van der Waals surface area contributed by atoms with Crippen LogP contribution in [0.15, 0.2) is 0 Å². The topological polar surface area (TPSA) is 43.1 Å². The molecule has 1 aliphatic carbocycles. The van der Waals surface area contributed by atoms with Gasteiger partial charge < -0.3 is 5.73 Å². The number of hydrogen-bond acceptors (Lipinski definition) is 1. The number of hydrogen-bond donors (Lipinski definition) is 1. The van der Waals surface area contributed by atoms with Gasteiger partial charge in [-0.15, -0.1) is 0 Å². The molecule has 2 nitrogen and oxygen atoms in total. The van der Waals surface area contributed by atoms with Gasteiger partial charge in [0.25, 0.3) is 0 Å². The number of rotatable bonds is 2. The molecule has 1 fully saturated rings. The van der Waals surface area contributed by atoms with Crippen LogP contribution < -0.4 is 5.73 Å². The van der Waals surface area contributed by atoms with Gasteiger partial charge in [0, 0.05) is 0 Å². The zero-order valence-electron chi connectivity index (χ0n) is 8.10. The molecule has 0 aromatic carbocycles. The molecule has 78 valence electrons. The summed E-state index contributed by atoms with van der Waals surface area (Å²) in [6.45, 7) is 4.21. The van der Waals surface area contributed by atoms with Gasteiger partial charge in [0.2, 0.25) is 5.91 Å². The van der Waals surface area contributed by atoms with Crippen molar-refractivity contribution in [3.8, 4) is 0 Å². The summed E-state index contributed by atoms with van der Waals surface area (Å²) in [5, 5.41) is 0. The Morgan fingerprint density at radius 1 is 1.23 bits per heavy atom. The molecule has 0 aromatic rings. The summed E-state index contributed by atoms with van der Waals surface area (Å²) in [4.78, 5) is 11.3. The summed E-state index contributed by atoms with van der Waals surface area (Å²) < 4.78 is 0. The van der Waals surface area contributed by atoms with Gasteiger partial charge in [0.15, 0.2) is 0 Å². The maximum absolute atomic E-state index is 11.3. The standard InChI is InChI=1S/C10H19NO.CH4/c1-8(2)10(9(11)12)6-4-3-5-7-10;/h8H,3-7H2,1-2H3,(H2,11,12);1H4. The number of amides is 1. The van der Waals surface area contributed by atoms with E-state index in [2.05, 4.69) is 13.8 Å². The van der Waals surface area contributed by atoms with E-state index in [0.29, 0.717) is 5.92 Å². The van der Waals surface area contributed by atoms with Crippen molar-refractivity contribution >= 4 is 5.91 Å². The van der Waals surface area contributed by atoms with Gasteiger partial charge in [-0.1, -0.05) is 40.5 Å². The molecular weight excluding hydrogens is 162 g/mol. The van der Waals surface area contributed by atoms with Crippen LogP contribution in [0.3, 0.4) is 0 Å². The van der Waals surface area contributed by atoms with Crippen molar-refractivity contribution in [3.63, 3.8) is 0 Å². The predicted octanol–water partition coefficient (Wildman–Crippen LogP) is 2.71. The van der Waals surface area contributed by atoms with Crippen LogP contribution in [0.4, 0.5) is 0 Å². The van der Waals surface area contributed by atoms with Crippen LogP contribution in [0.25, 0.3) is 0 Å². The van der Waals surface area contributed by atoms with E-state index in [9.17, 15) is 4.79 Å². The van der Waals surface area contributed by atoms with Gasteiger partial charge >= 0.3 is 0 Å². The molecular formula is C11H23NO. The van der Waals surface area contributed by atoms with Crippen LogP contribution in [0.5, 0.6) is 0 Å². The first-order valence-electron chi connectivity index (χ1n) is 4.89. The van der Waals surface area contributed by atoms with E-state index < -0.39 is 0 Å². The van der Waals surface area contributed by atoms with Gasteiger partial charge in [-0.25, -0.2) is 0 Å². The quantitative estimate of drug-likeness (QED) is 0.706. The fraction of sp³-hybridized carbons (Fsp3) is 0.909. The second-order valence-electron chi connectivity index (χ2n) is 4.24. The molecule has 0 aromatic heterocycles. The minimum Gasteiger partial charge on any atom is -0.369 e. The molecule has 1 saturated carbocycles. The van der Waals surface area contributed by atoms with Crippen LogP contribution >= 0.6 is 0 Å². The fourth-order valence-corrected chi connectivity index (χ4v) is 2.29. The average molecular weight is 185 g/mol. The van der Waals surface area contributed by atoms with E-state index in [-0.39, 0.29) is 18.7 Å². The van der Waals surface area contributed by atoms with E-state index in [1.54, 1.807) is 0 Å². The molecule has 0 heterocycles. The third kappa shape index (κ3) is 2.23. The van der Waals surface area contributed by atoms with Gasteiger partial charge in [-0.3, -0.25) is 4.79 Å². The lowest BCUT2D eigenvalue weighted by Gasteiger charge is -2.37. The first-order chi connectivity index (χ1) is 5.59. The lowest BCUT2D eigenvalue weighted by atomic mass is 9.66. The highest BCUT2D eigenvalue weighted by atomic mass is 16.1. The minimum absolute atomic E-state index is 0. The van der Waals surface area contributed by atoms with Gasteiger partial charge in [-0.05, 0) is 18.8 Å². The maximum Gasteiger partial charge on any atom is 0.223 e. The highest BCUT2D eigenvalue weighted by Gasteiger charge is 2.40. The SMILES string of the molecule is C.CC(C)C1(C(N)=O)CCCCC1. The third-order valence-corrected chi connectivity index (χ3v) is 3.34. The van der Waals surface area contributed by atoms with Crippen molar-refractivity contribution in [2.45, 2.75) is 53.4 Å². The third-order valence-electron chi connectivity index (χ3n) is 3.34. The molecule has 1 rings (SSSR count). The van der Waals surface area contributed by atoms with Crippen LogP contribution in [-0.2, 0) is 4.79 Å². The van der Waals surface area contributed by atoms with Gasteiger partial charge in [0.05, 0.1) is 5.41 Å². The van der Waals surface area contributed by atoms with E-state index >= 15 is 0 Å². The Kier molecular flexibility index (Phi) is 4.45. The fourth-order valence-electron chi connectivity index (χ4n) is 2.29. The Morgan fingerprint density at radius 3 is 1.92 bits per heavy atom. The predicted molar refractivity (Wildman–Crippen MR) is 56.3 cm³/mol. The summed E-state index contributed by atoms with van der Waals surface area (Å²) in [7, 11) is 0. The first kappa shape index (κ1) is 12.5. The number of carbonyl (C=O) groups excluding carboxylic acids is 1. The van der Waals surface area contributed by atoms with Crippen molar-refractivity contribution in [3.05, 3.63) is 0 Å². The van der Waals surface area contributed by atoms with Crippen molar-refractivity contribution in [1.82, 2.24) is 0 Å². The minimum atomic E-state index is -0.182. The Balaban J connectivity index is 0.00000144. The first-order valence-corrected chi connectivity index (χ1v) is 4.89. The van der Waals surface area contributed by atoms with E-state index in [4.69, 9.17) is 5.73 Å². The summed E-state index contributed by atoms with van der Waals surface area (Å²) in [5.41, 5.74) is 5.28. The van der Waals surface area contributed by atoms with Crippen molar-refractivity contribution < 1.29 is 4.79 Å². The number of primary amides is 1. The molecule has 1 aliphatic rings. The molecule has 2 heteroatoms. The monoisotopic (exact) mass is 185 g/mol. The van der Waals surface area contributed by atoms with Gasteiger partial charge in [-0.2, -0.15) is 0 Å². The molecule has 0 radical (unpaired) electrons. The van der Waals surface area contributed by atoms with Crippen molar-refractivity contribution in [1.29, 1.82) is 0 Å². The zero-order valence-corrected chi connectivity index (χ0v) is 8.10. The molecule has 13 heavy (non-hydrogen) atoms. The summed E-state index contributed by atoms with van der Waals surface area (Å²) >= 11 is 0. The molecule has 0 aliphatic heterocycles. The number of nitrogens with two attached hydrogens (primary N) is 1. The van der Waals surface area contributed by atoms with E-state index in [1.165, 1.54) is 19.3 Å². The smallest absolute Gasteiger partial charge is 0.223 e. The lowest BCUT2D eigenvalue weighted by molar-refractivity contribution is -0.132. The van der Waals surface area contributed by atoms with E-state index in [1.807, 2.05) is 0 Å². The molecule has 2 N–H and O–H groups in total.